The Morgan fingerprint density at radius 1 is 1.47 bits per heavy atom. The van der Waals surface area contributed by atoms with Gasteiger partial charge >= 0.3 is 0 Å². The Labute approximate surface area is 92.6 Å². The molecule has 0 saturated carbocycles. The van der Waals surface area contributed by atoms with Gasteiger partial charge < -0.3 is 9.30 Å². The molecule has 0 atom stereocenters. The standard InChI is InChI=1S/C7H12ClN3O3S/c1-5(2)14-4-6-9-10-7(11(6)3)15(8,12)13/h5H,4H2,1-3H3. The Morgan fingerprint density at radius 3 is 2.47 bits per heavy atom. The zero-order valence-electron chi connectivity index (χ0n) is 8.64. The summed E-state index contributed by atoms with van der Waals surface area (Å²) in [6.45, 7) is 3.94. The molecular formula is C7H12ClN3O3S. The van der Waals surface area contributed by atoms with E-state index in [0.717, 1.165) is 0 Å². The largest absolute Gasteiger partial charge is 0.371 e. The molecule has 1 aromatic heterocycles. The van der Waals surface area contributed by atoms with Crippen LogP contribution in [-0.4, -0.2) is 29.3 Å². The Balaban J connectivity index is 2.90. The predicted octanol–water partition coefficient (Wildman–Crippen LogP) is 0.668. The molecule has 0 aliphatic carbocycles. The van der Waals surface area contributed by atoms with E-state index in [2.05, 4.69) is 10.2 Å². The lowest BCUT2D eigenvalue weighted by atomic mass is 10.5. The number of ether oxygens (including phenoxy) is 1. The molecule has 1 aromatic rings. The fourth-order valence-electron chi connectivity index (χ4n) is 0.924. The molecule has 0 amide bonds. The predicted molar refractivity (Wildman–Crippen MR) is 54.0 cm³/mol. The first-order chi connectivity index (χ1) is 6.82. The van der Waals surface area contributed by atoms with E-state index in [1.165, 1.54) is 11.6 Å². The van der Waals surface area contributed by atoms with Gasteiger partial charge in [-0.3, -0.25) is 0 Å². The highest BCUT2D eigenvalue weighted by Gasteiger charge is 2.20. The minimum absolute atomic E-state index is 0.0396. The van der Waals surface area contributed by atoms with Gasteiger partial charge in [0.15, 0.2) is 5.82 Å². The molecule has 1 heterocycles. The second kappa shape index (κ2) is 4.46. The fraction of sp³-hybridized carbons (Fsp3) is 0.714. The summed E-state index contributed by atoms with van der Waals surface area (Å²) in [6, 6.07) is 0. The highest BCUT2D eigenvalue weighted by atomic mass is 35.7. The molecule has 8 heteroatoms. The van der Waals surface area contributed by atoms with Gasteiger partial charge in [0, 0.05) is 17.7 Å². The SMILES string of the molecule is CC(C)OCc1nnc(S(=O)(=O)Cl)n1C. The zero-order valence-corrected chi connectivity index (χ0v) is 10.2. The molecule has 0 aliphatic heterocycles. The zero-order chi connectivity index (χ0) is 11.6. The number of hydrogen-bond acceptors (Lipinski definition) is 5. The number of aromatic nitrogens is 3. The molecule has 0 unspecified atom stereocenters. The summed E-state index contributed by atoms with van der Waals surface area (Å²) in [7, 11) is 2.82. The molecule has 1 rings (SSSR count). The number of halogens is 1. The molecule has 0 fully saturated rings. The summed E-state index contributed by atoms with van der Waals surface area (Å²) in [6.07, 6.45) is 0.0396. The smallest absolute Gasteiger partial charge is 0.296 e. The van der Waals surface area contributed by atoms with Gasteiger partial charge in [0.2, 0.25) is 0 Å². The lowest BCUT2D eigenvalue weighted by molar-refractivity contribution is 0.0595. The van der Waals surface area contributed by atoms with Crippen LogP contribution < -0.4 is 0 Å². The third kappa shape index (κ3) is 3.15. The summed E-state index contributed by atoms with van der Waals surface area (Å²) in [5, 5.41) is 6.88. The summed E-state index contributed by atoms with van der Waals surface area (Å²) < 4.78 is 28.6. The van der Waals surface area contributed by atoms with Crippen molar-refractivity contribution in [2.45, 2.75) is 31.7 Å². The van der Waals surface area contributed by atoms with Crippen molar-refractivity contribution in [3.05, 3.63) is 5.82 Å². The molecule has 0 spiro atoms. The van der Waals surface area contributed by atoms with Crippen LogP contribution in [0.25, 0.3) is 0 Å². The molecule has 0 aromatic carbocycles. The van der Waals surface area contributed by atoms with Crippen molar-refractivity contribution in [1.82, 2.24) is 14.8 Å². The van der Waals surface area contributed by atoms with Gasteiger partial charge in [-0.15, -0.1) is 10.2 Å². The molecule has 15 heavy (non-hydrogen) atoms. The van der Waals surface area contributed by atoms with Crippen molar-refractivity contribution in [3.8, 4) is 0 Å². The van der Waals surface area contributed by atoms with Gasteiger partial charge in [0.05, 0.1) is 6.10 Å². The third-order valence-electron chi connectivity index (χ3n) is 1.69. The summed E-state index contributed by atoms with van der Waals surface area (Å²) >= 11 is 0. The average Bonchev–Trinajstić information content (AvgIpc) is 2.42. The van der Waals surface area contributed by atoms with E-state index in [9.17, 15) is 8.42 Å². The van der Waals surface area contributed by atoms with Gasteiger partial charge in [0.25, 0.3) is 14.2 Å². The Morgan fingerprint density at radius 2 is 2.07 bits per heavy atom. The number of hydrogen-bond donors (Lipinski definition) is 0. The average molecular weight is 254 g/mol. The van der Waals surface area contributed by atoms with Crippen LogP contribution in [0.5, 0.6) is 0 Å². The highest BCUT2D eigenvalue weighted by Crippen LogP contribution is 2.12. The Hall–Kier alpha value is -0.660. The normalized spacial score (nSPS) is 12.3. The second-order valence-electron chi connectivity index (χ2n) is 3.26. The van der Waals surface area contributed by atoms with Crippen LogP contribution in [-0.2, 0) is 27.4 Å². The molecule has 0 saturated heterocycles. The number of nitrogens with zero attached hydrogens (tertiary/aromatic N) is 3. The minimum Gasteiger partial charge on any atom is -0.371 e. The third-order valence-corrected chi connectivity index (χ3v) is 2.89. The molecule has 86 valence electrons. The minimum atomic E-state index is -3.85. The van der Waals surface area contributed by atoms with Crippen molar-refractivity contribution in [3.63, 3.8) is 0 Å². The van der Waals surface area contributed by atoms with Gasteiger partial charge in [-0.2, -0.15) is 0 Å². The summed E-state index contributed by atoms with van der Waals surface area (Å²) in [4.78, 5) is 0. The van der Waals surface area contributed by atoms with Crippen molar-refractivity contribution in [2.75, 3.05) is 0 Å². The molecule has 6 nitrogen and oxygen atoms in total. The fourth-order valence-corrected chi connectivity index (χ4v) is 1.90. The van der Waals surface area contributed by atoms with Gasteiger partial charge in [-0.1, -0.05) is 0 Å². The van der Waals surface area contributed by atoms with Crippen LogP contribution in [0.15, 0.2) is 5.16 Å². The maximum Gasteiger partial charge on any atom is 0.296 e. The molecule has 0 radical (unpaired) electrons. The first-order valence-corrected chi connectivity index (χ1v) is 6.58. The van der Waals surface area contributed by atoms with Gasteiger partial charge in [-0.25, -0.2) is 8.42 Å². The lowest BCUT2D eigenvalue weighted by Gasteiger charge is -2.06. The van der Waals surface area contributed by atoms with Gasteiger partial charge in [0.1, 0.15) is 6.61 Å². The summed E-state index contributed by atoms with van der Waals surface area (Å²) in [5.74, 6) is 0.419. The van der Waals surface area contributed by atoms with Crippen LogP contribution in [0, 0.1) is 0 Å². The highest BCUT2D eigenvalue weighted by molar-refractivity contribution is 8.13. The maximum absolute atomic E-state index is 11.0. The Kier molecular flexibility index (Phi) is 3.69. The van der Waals surface area contributed by atoms with Crippen molar-refractivity contribution < 1.29 is 13.2 Å². The first kappa shape index (κ1) is 12.4. The van der Waals surface area contributed by atoms with Crippen LogP contribution in [0.1, 0.15) is 19.7 Å². The van der Waals surface area contributed by atoms with Crippen LogP contribution >= 0.6 is 10.7 Å². The summed E-state index contributed by atoms with van der Waals surface area (Å²) in [5.41, 5.74) is 0. The monoisotopic (exact) mass is 253 g/mol. The molecule has 0 aliphatic rings. The van der Waals surface area contributed by atoms with Crippen molar-refractivity contribution >= 4 is 19.7 Å². The first-order valence-electron chi connectivity index (χ1n) is 4.27. The van der Waals surface area contributed by atoms with Crippen LogP contribution in [0.4, 0.5) is 0 Å². The molecule has 0 bridgehead atoms. The quantitative estimate of drug-likeness (QED) is 0.738. The van der Waals surface area contributed by atoms with E-state index in [4.69, 9.17) is 15.4 Å². The van der Waals surface area contributed by atoms with E-state index >= 15 is 0 Å². The van der Waals surface area contributed by atoms with E-state index in [-0.39, 0.29) is 17.9 Å². The Bertz CT molecular complexity index is 440. The van der Waals surface area contributed by atoms with Crippen LogP contribution in [0.2, 0.25) is 0 Å². The maximum atomic E-state index is 11.0. The van der Waals surface area contributed by atoms with Gasteiger partial charge in [-0.05, 0) is 13.8 Å². The molecule has 0 N–H and O–H groups in total. The van der Waals surface area contributed by atoms with Crippen molar-refractivity contribution in [1.29, 1.82) is 0 Å². The van der Waals surface area contributed by atoms with Crippen LogP contribution in [0.3, 0.4) is 0 Å². The van der Waals surface area contributed by atoms with Crippen molar-refractivity contribution in [2.24, 2.45) is 7.05 Å². The second-order valence-corrected chi connectivity index (χ2v) is 5.72. The van der Waals surface area contributed by atoms with E-state index in [0.29, 0.717) is 5.82 Å². The van der Waals surface area contributed by atoms with E-state index < -0.39 is 9.05 Å². The lowest BCUT2D eigenvalue weighted by Crippen LogP contribution is -2.09. The molecular weight excluding hydrogens is 242 g/mol. The van der Waals surface area contributed by atoms with E-state index in [1.807, 2.05) is 13.8 Å². The number of rotatable bonds is 4. The topological polar surface area (TPSA) is 74.1 Å². The van der Waals surface area contributed by atoms with E-state index in [1.54, 1.807) is 0 Å².